The minimum Gasteiger partial charge on any atom is -0.483 e. The van der Waals surface area contributed by atoms with E-state index >= 15 is 0 Å². The fraction of sp³-hybridized carbons (Fsp3) is 0.391. The van der Waals surface area contributed by atoms with Gasteiger partial charge < -0.3 is 14.8 Å². The van der Waals surface area contributed by atoms with Crippen LogP contribution >= 0.6 is 0 Å². The lowest BCUT2D eigenvalue weighted by Crippen LogP contribution is -2.36. The predicted molar refractivity (Wildman–Crippen MR) is 120 cm³/mol. The molecule has 3 rings (SSSR count). The van der Waals surface area contributed by atoms with Crippen LogP contribution < -0.4 is 14.8 Å². The highest BCUT2D eigenvalue weighted by molar-refractivity contribution is 7.89. The Morgan fingerprint density at radius 1 is 1.03 bits per heavy atom. The molecule has 2 aromatic carbocycles. The van der Waals surface area contributed by atoms with Crippen LogP contribution in [0.15, 0.2) is 47.4 Å². The van der Waals surface area contributed by atoms with E-state index in [0.717, 1.165) is 32.1 Å². The number of methoxy groups -OCH3 is 1. The lowest BCUT2D eigenvalue weighted by Gasteiger charge is -2.22. The molecule has 32 heavy (non-hydrogen) atoms. The number of anilines is 1. The first kappa shape index (κ1) is 23.7. The Bertz CT molecular complexity index is 1060. The van der Waals surface area contributed by atoms with Crippen molar-refractivity contribution in [2.24, 2.45) is 0 Å². The molecule has 0 radical (unpaired) electrons. The van der Waals surface area contributed by atoms with Crippen LogP contribution in [0.1, 0.15) is 48.0 Å². The first-order valence-electron chi connectivity index (χ1n) is 10.5. The summed E-state index contributed by atoms with van der Waals surface area (Å²) in [5.41, 5.74) is 1.51. The number of hydrogen-bond acceptors (Lipinski definition) is 6. The van der Waals surface area contributed by atoms with Crippen molar-refractivity contribution in [3.8, 4) is 5.75 Å². The van der Waals surface area contributed by atoms with Gasteiger partial charge in [-0.3, -0.25) is 4.79 Å². The van der Waals surface area contributed by atoms with Crippen LogP contribution in [-0.4, -0.2) is 40.1 Å². The van der Waals surface area contributed by atoms with Crippen molar-refractivity contribution in [1.82, 2.24) is 4.72 Å². The van der Waals surface area contributed by atoms with E-state index in [1.165, 1.54) is 13.2 Å². The lowest BCUT2D eigenvalue weighted by atomic mass is 9.96. The van der Waals surface area contributed by atoms with Gasteiger partial charge in [0.15, 0.2) is 6.61 Å². The average Bonchev–Trinajstić information content (AvgIpc) is 2.78. The van der Waals surface area contributed by atoms with Crippen LogP contribution in [0.2, 0.25) is 0 Å². The van der Waals surface area contributed by atoms with Gasteiger partial charge in [-0.15, -0.1) is 0 Å². The molecule has 1 saturated carbocycles. The molecular weight excluding hydrogens is 432 g/mol. The Kier molecular flexibility index (Phi) is 7.87. The highest BCUT2D eigenvalue weighted by atomic mass is 32.2. The van der Waals surface area contributed by atoms with Crippen LogP contribution in [0.5, 0.6) is 5.75 Å². The number of ether oxygens (including phenoxy) is 2. The Labute approximate surface area is 188 Å². The molecule has 0 atom stereocenters. The second kappa shape index (κ2) is 10.6. The standard InChI is InChI=1S/C23H28N2O6S/c1-16-14-20(32(28,29)25-19-6-4-3-5-7-19)12-13-21(16)31-15-22(26)24-18-10-8-17(9-11-18)23(27)30-2/h8-14,19,25H,3-7,15H2,1-2H3,(H,24,26). The Morgan fingerprint density at radius 3 is 2.34 bits per heavy atom. The minimum atomic E-state index is -3.60. The maximum atomic E-state index is 12.7. The van der Waals surface area contributed by atoms with Gasteiger partial charge in [-0.25, -0.2) is 17.9 Å². The SMILES string of the molecule is COC(=O)c1ccc(NC(=O)COc2ccc(S(=O)(=O)NC3CCCCC3)cc2C)cc1. The fourth-order valence-corrected chi connectivity index (χ4v) is 5.00. The van der Waals surface area contributed by atoms with Gasteiger partial charge in [0.1, 0.15) is 5.75 Å². The molecule has 0 bridgehead atoms. The van der Waals surface area contributed by atoms with E-state index in [9.17, 15) is 18.0 Å². The van der Waals surface area contributed by atoms with E-state index in [0.29, 0.717) is 22.6 Å². The first-order valence-corrected chi connectivity index (χ1v) is 12.0. The molecule has 8 nitrogen and oxygen atoms in total. The minimum absolute atomic E-state index is 0.0182. The number of aryl methyl sites for hydroxylation is 1. The molecule has 0 spiro atoms. The average molecular weight is 461 g/mol. The third-order valence-electron chi connectivity index (χ3n) is 5.33. The number of sulfonamides is 1. The number of carbonyl (C=O) groups excluding carboxylic acids is 2. The van der Waals surface area contributed by atoms with E-state index in [2.05, 4.69) is 14.8 Å². The molecule has 1 aliphatic carbocycles. The molecule has 0 aromatic heterocycles. The highest BCUT2D eigenvalue weighted by Gasteiger charge is 2.22. The van der Waals surface area contributed by atoms with E-state index < -0.39 is 16.0 Å². The van der Waals surface area contributed by atoms with Gasteiger partial charge >= 0.3 is 5.97 Å². The van der Waals surface area contributed by atoms with Crippen molar-refractivity contribution in [3.05, 3.63) is 53.6 Å². The number of hydrogen-bond donors (Lipinski definition) is 2. The third kappa shape index (κ3) is 6.30. The van der Waals surface area contributed by atoms with Gasteiger partial charge in [0.25, 0.3) is 5.91 Å². The van der Waals surface area contributed by atoms with Gasteiger partial charge in [-0.2, -0.15) is 0 Å². The summed E-state index contributed by atoms with van der Waals surface area (Å²) in [6.45, 7) is 1.49. The fourth-order valence-electron chi connectivity index (χ4n) is 3.61. The van der Waals surface area contributed by atoms with Crippen LogP contribution in [0.3, 0.4) is 0 Å². The van der Waals surface area contributed by atoms with Crippen LogP contribution in [0.4, 0.5) is 5.69 Å². The number of carbonyl (C=O) groups is 2. The lowest BCUT2D eigenvalue weighted by molar-refractivity contribution is -0.118. The van der Waals surface area contributed by atoms with Gasteiger partial charge in [-0.1, -0.05) is 19.3 Å². The summed E-state index contributed by atoms with van der Waals surface area (Å²) in [6.07, 6.45) is 4.95. The summed E-state index contributed by atoms with van der Waals surface area (Å²) in [5, 5.41) is 2.67. The van der Waals surface area contributed by atoms with E-state index in [4.69, 9.17) is 4.74 Å². The Hall–Kier alpha value is -2.91. The molecule has 1 fully saturated rings. The topological polar surface area (TPSA) is 111 Å². The zero-order valence-corrected chi connectivity index (χ0v) is 19.0. The summed E-state index contributed by atoms with van der Waals surface area (Å²) >= 11 is 0. The number of amides is 1. The molecule has 2 N–H and O–H groups in total. The molecule has 1 amide bonds. The Balaban J connectivity index is 1.56. The molecule has 0 heterocycles. The second-order valence-corrected chi connectivity index (χ2v) is 9.50. The van der Waals surface area contributed by atoms with Crippen molar-refractivity contribution in [3.63, 3.8) is 0 Å². The maximum absolute atomic E-state index is 12.7. The number of rotatable bonds is 8. The Morgan fingerprint density at radius 2 is 1.72 bits per heavy atom. The van der Waals surface area contributed by atoms with E-state index in [-0.39, 0.29) is 23.5 Å². The van der Waals surface area contributed by atoms with Crippen molar-refractivity contribution in [2.45, 2.75) is 50.0 Å². The van der Waals surface area contributed by atoms with Crippen molar-refractivity contribution in [1.29, 1.82) is 0 Å². The summed E-state index contributed by atoms with van der Waals surface area (Å²) in [7, 11) is -2.30. The van der Waals surface area contributed by atoms with Crippen molar-refractivity contribution < 1.29 is 27.5 Å². The highest BCUT2D eigenvalue weighted by Crippen LogP contribution is 2.24. The number of esters is 1. The van der Waals surface area contributed by atoms with E-state index in [1.54, 1.807) is 43.3 Å². The van der Waals surface area contributed by atoms with Crippen molar-refractivity contribution in [2.75, 3.05) is 19.0 Å². The zero-order valence-electron chi connectivity index (χ0n) is 18.2. The molecular formula is C23H28N2O6S. The van der Waals surface area contributed by atoms with Gasteiger partial charge in [-0.05, 0) is 67.8 Å². The summed E-state index contributed by atoms with van der Waals surface area (Å²) in [6, 6.07) is 10.8. The zero-order chi connectivity index (χ0) is 23.1. The first-order chi connectivity index (χ1) is 15.3. The second-order valence-electron chi connectivity index (χ2n) is 7.79. The molecule has 0 unspecified atom stereocenters. The van der Waals surface area contributed by atoms with Gasteiger partial charge in [0.05, 0.1) is 17.6 Å². The monoisotopic (exact) mass is 460 g/mol. The molecule has 1 aliphatic rings. The molecule has 2 aromatic rings. The smallest absolute Gasteiger partial charge is 0.337 e. The third-order valence-corrected chi connectivity index (χ3v) is 6.85. The maximum Gasteiger partial charge on any atom is 0.337 e. The quantitative estimate of drug-likeness (QED) is 0.584. The normalized spacial score (nSPS) is 14.6. The molecule has 0 aliphatic heterocycles. The van der Waals surface area contributed by atoms with Gasteiger partial charge in [0, 0.05) is 11.7 Å². The summed E-state index contributed by atoms with van der Waals surface area (Å²) in [4.78, 5) is 23.8. The number of nitrogens with one attached hydrogen (secondary N) is 2. The van der Waals surface area contributed by atoms with Crippen LogP contribution in [0.25, 0.3) is 0 Å². The molecule has 172 valence electrons. The molecule has 9 heteroatoms. The van der Waals surface area contributed by atoms with Crippen LogP contribution in [0, 0.1) is 6.92 Å². The van der Waals surface area contributed by atoms with E-state index in [1.807, 2.05) is 0 Å². The summed E-state index contributed by atoms with van der Waals surface area (Å²) < 4.78 is 38.3. The summed E-state index contributed by atoms with van der Waals surface area (Å²) in [5.74, 6) is -0.412. The number of benzene rings is 2. The van der Waals surface area contributed by atoms with Crippen LogP contribution in [-0.2, 0) is 19.6 Å². The predicted octanol–water partition coefficient (Wildman–Crippen LogP) is 3.41. The van der Waals surface area contributed by atoms with Gasteiger partial charge in [0.2, 0.25) is 10.0 Å². The molecule has 0 saturated heterocycles. The largest absolute Gasteiger partial charge is 0.483 e. The van der Waals surface area contributed by atoms with Crippen molar-refractivity contribution >= 4 is 27.6 Å².